The molecular formula is C18H15BrN2O2S. The van der Waals surface area contributed by atoms with Crippen molar-refractivity contribution in [2.75, 3.05) is 6.26 Å². The number of hydrogen-bond donors (Lipinski definition) is 1. The number of carbonyl (C=O) groups is 2. The Morgan fingerprint density at radius 2 is 1.75 bits per heavy atom. The van der Waals surface area contributed by atoms with Gasteiger partial charge in [-0.2, -0.15) is 0 Å². The Hall–Kier alpha value is -2.05. The lowest BCUT2D eigenvalue weighted by atomic mass is 10.2. The molecule has 0 atom stereocenters. The molecule has 0 unspecified atom stereocenters. The zero-order valence-corrected chi connectivity index (χ0v) is 15.4. The molecule has 2 aromatic carbocycles. The van der Waals surface area contributed by atoms with Crippen LogP contribution in [-0.4, -0.2) is 23.1 Å². The third-order valence-electron chi connectivity index (χ3n) is 3.64. The van der Waals surface area contributed by atoms with Gasteiger partial charge in [0.2, 0.25) is 0 Å². The van der Waals surface area contributed by atoms with Crippen molar-refractivity contribution in [1.82, 2.24) is 10.2 Å². The summed E-state index contributed by atoms with van der Waals surface area (Å²) in [7, 11) is 0. The number of nitrogens with one attached hydrogen (secondary N) is 1. The van der Waals surface area contributed by atoms with Gasteiger partial charge in [0.05, 0.1) is 6.54 Å². The van der Waals surface area contributed by atoms with E-state index in [0.717, 1.165) is 20.5 Å². The second kappa shape index (κ2) is 7.23. The summed E-state index contributed by atoms with van der Waals surface area (Å²) in [6, 6.07) is 15.0. The Kier molecular flexibility index (Phi) is 5.06. The lowest BCUT2D eigenvalue weighted by Crippen LogP contribution is -2.30. The molecule has 1 aliphatic rings. The number of imide groups is 1. The number of urea groups is 1. The van der Waals surface area contributed by atoms with Gasteiger partial charge >= 0.3 is 6.03 Å². The van der Waals surface area contributed by atoms with E-state index in [-0.39, 0.29) is 12.5 Å². The van der Waals surface area contributed by atoms with Crippen LogP contribution >= 0.6 is 27.7 Å². The third kappa shape index (κ3) is 3.71. The number of amides is 3. The SMILES string of the molecule is CSc1ccc(/C=C2/NC(=O)N(Cc3ccc(Br)cc3)C2=O)cc1. The molecule has 0 saturated carbocycles. The summed E-state index contributed by atoms with van der Waals surface area (Å²) in [5.41, 5.74) is 2.07. The van der Waals surface area contributed by atoms with Crippen LogP contribution in [0.15, 0.2) is 63.6 Å². The van der Waals surface area contributed by atoms with E-state index in [0.29, 0.717) is 5.70 Å². The van der Waals surface area contributed by atoms with Gasteiger partial charge in [-0.15, -0.1) is 11.8 Å². The molecule has 0 bridgehead atoms. The lowest BCUT2D eigenvalue weighted by Gasteiger charge is -2.11. The van der Waals surface area contributed by atoms with Gasteiger partial charge in [-0.05, 0) is 47.7 Å². The van der Waals surface area contributed by atoms with Crippen molar-refractivity contribution in [3.8, 4) is 0 Å². The maximum absolute atomic E-state index is 12.5. The molecule has 1 aliphatic heterocycles. The molecule has 1 heterocycles. The standard InChI is InChI=1S/C18H15BrN2O2S/c1-24-15-8-4-12(5-9-15)10-16-17(22)21(18(23)20-16)11-13-2-6-14(19)7-3-13/h2-10H,11H2,1H3,(H,20,23)/b16-10+. The monoisotopic (exact) mass is 402 g/mol. The smallest absolute Gasteiger partial charge is 0.303 e. The number of carbonyl (C=O) groups excluding carboxylic acids is 2. The summed E-state index contributed by atoms with van der Waals surface area (Å²) in [4.78, 5) is 26.9. The van der Waals surface area contributed by atoms with Crippen LogP contribution in [0.5, 0.6) is 0 Å². The van der Waals surface area contributed by atoms with Gasteiger partial charge in [0.15, 0.2) is 0 Å². The van der Waals surface area contributed by atoms with Crippen molar-refractivity contribution in [3.63, 3.8) is 0 Å². The second-order valence-electron chi connectivity index (χ2n) is 5.28. The maximum Gasteiger partial charge on any atom is 0.329 e. The average Bonchev–Trinajstić information content (AvgIpc) is 2.85. The predicted octanol–water partition coefficient (Wildman–Crippen LogP) is 4.26. The molecule has 2 aromatic rings. The molecule has 0 spiro atoms. The summed E-state index contributed by atoms with van der Waals surface area (Å²) in [6.45, 7) is 0.251. The van der Waals surface area contributed by atoms with Gasteiger partial charge in [-0.1, -0.05) is 40.2 Å². The van der Waals surface area contributed by atoms with Crippen molar-refractivity contribution in [3.05, 3.63) is 69.8 Å². The molecule has 6 heteroatoms. The molecule has 1 saturated heterocycles. The van der Waals surface area contributed by atoms with Crippen LogP contribution in [-0.2, 0) is 11.3 Å². The van der Waals surface area contributed by atoms with E-state index in [9.17, 15) is 9.59 Å². The van der Waals surface area contributed by atoms with Crippen LogP contribution in [0.4, 0.5) is 4.79 Å². The van der Waals surface area contributed by atoms with Crippen molar-refractivity contribution in [2.45, 2.75) is 11.4 Å². The summed E-state index contributed by atoms with van der Waals surface area (Å²) in [5.74, 6) is -0.308. The van der Waals surface area contributed by atoms with Gasteiger partial charge in [-0.25, -0.2) is 4.79 Å². The van der Waals surface area contributed by atoms with Gasteiger partial charge in [0.25, 0.3) is 5.91 Å². The zero-order chi connectivity index (χ0) is 17.1. The quantitative estimate of drug-likeness (QED) is 0.472. The first kappa shape index (κ1) is 16.8. The number of thioether (sulfide) groups is 1. The minimum atomic E-state index is -0.394. The van der Waals surface area contributed by atoms with Crippen LogP contribution in [0.25, 0.3) is 6.08 Å². The molecule has 122 valence electrons. The van der Waals surface area contributed by atoms with E-state index in [1.807, 2.05) is 54.8 Å². The van der Waals surface area contributed by atoms with Gasteiger partial charge in [0, 0.05) is 9.37 Å². The van der Waals surface area contributed by atoms with E-state index in [1.165, 1.54) is 4.90 Å². The Morgan fingerprint density at radius 1 is 1.08 bits per heavy atom. The molecule has 0 aromatic heterocycles. The van der Waals surface area contributed by atoms with E-state index >= 15 is 0 Å². The fraction of sp³-hybridized carbons (Fsp3) is 0.111. The first-order valence-electron chi connectivity index (χ1n) is 7.30. The topological polar surface area (TPSA) is 49.4 Å². The number of halogens is 1. The fourth-order valence-electron chi connectivity index (χ4n) is 2.35. The number of hydrogen-bond acceptors (Lipinski definition) is 3. The lowest BCUT2D eigenvalue weighted by molar-refractivity contribution is -0.123. The molecule has 0 aliphatic carbocycles. The van der Waals surface area contributed by atoms with Gasteiger partial charge < -0.3 is 5.32 Å². The van der Waals surface area contributed by atoms with Crippen molar-refractivity contribution >= 4 is 45.7 Å². The summed E-state index contributed by atoms with van der Waals surface area (Å²) >= 11 is 5.02. The van der Waals surface area contributed by atoms with Crippen molar-refractivity contribution in [1.29, 1.82) is 0 Å². The minimum Gasteiger partial charge on any atom is -0.303 e. The van der Waals surface area contributed by atoms with Crippen LogP contribution in [0.3, 0.4) is 0 Å². The Bertz CT molecular complexity index is 801. The average molecular weight is 403 g/mol. The van der Waals surface area contributed by atoms with Crippen LogP contribution in [0, 0.1) is 0 Å². The van der Waals surface area contributed by atoms with Crippen LogP contribution in [0.2, 0.25) is 0 Å². The molecule has 4 nitrogen and oxygen atoms in total. The maximum atomic E-state index is 12.5. The van der Waals surface area contributed by atoms with E-state index in [1.54, 1.807) is 17.8 Å². The van der Waals surface area contributed by atoms with Crippen molar-refractivity contribution in [2.24, 2.45) is 0 Å². The molecule has 1 fully saturated rings. The van der Waals surface area contributed by atoms with Crippen LogP contribution in [0.1, 0.15) is 11.1 Å². The number of nitrogens with zero attached hydrogens (tertiary/aromatic N) is 1. The molecule has 24 heavy (non-hydrogen) atoms. The van der Waals surface area contributed by atoms with Gasteiger partial charge in [0.1, 0.15) is 5.70 Å². The normalized spacial score (nSPS) is 15.9. The Balaban J connectivity index is 1.77. The van der Waals surface area contributed by atoms with Gasteiger partial charge in [-0.3, -0.25) is 9.69 Å². The van der Waals surface area contributed by atoms with Crippen LogP contribution < -0.4 is 5.32 Å². The summed E-state index contributed by atoms with van der Waals surface area (Å²) in [6.07, 6.45) is 3.71. The highest BCUT2D eigenvalue weighted by Gasteiger charge is 2.33. The molecule has 3 rings (SSSR count). The Morgan fingerprint density at radius 3 is 2.38 bits per heavy atom. The number of rotatable bonds is 4. The largest absolute Gasteiger partial charge is 0.329 e. The molecule has 3 amide bonds. The Labute approximate surface area is 153 Å². The summed E-state index contributed by atoms with van der Waals surface area (Å²) in [5, 5.41) is 2.65. The molecule has 0 radical (unpaired) electrons. The second-order valence-corrected chi connectivity index (χ2v) is 7.07. The predicted molar refractivity (Wildman–Crippen MR) is 99.4 cm³/mol. The first-order chi connectivity index (χ1) is 11.6. The summed E-state index contributed by atoms with van der Waals surface area (Å²) < 4.78 is 0.956. The molecule has 1 N–H and O–H groups in total. The van der Waals surface area contributed by atoms with E-state index < -0.39 is 6.03 Å². The first-order valence-corrected chi connectivity index (χ1v) is 9.31. The minimum absolute atomic E-state index is 0.251. The van der Waals surface area contributed by atoms with E-state index in [2.05, 4.69) is 21.2 Å². The van der Waals surface area contributed by atoms with Crippen molar-refractivity contribution < 1.29 is 9.59 Å². The highest BCUT2D eigenvalue weighted by atomic mass is 79.9. The zero-order valence-electron chi connectivity index (χ0n) is 13.0. The molecular weight excluding hydrogens is 388 g/mol. The third-order valence-corrected chi connectivity index (χ3v) is 4.92. The fourth-order valence-corrected chi connectivity index (χ4v) is 3.03. The number of benzene rings is 2. The highest BCUT2D eigenvalue weighted by molar-refractivity contribution is 9.10. The van der Waals surface area contributed by atoms with E-state index in [4.69, 9.17) is 0 Å². The highest BCUT2D eigenvalue weighted by Crippen LogP contribution is 2.20.